The molecule has 22 heavy (non-hydrogen) atoms. The molecule has 8 heteroatoms. The van der Waals surface area contributed by atoms with Gasteiger partial charge in [-0.25, -0.2) is 4.98 Å². The maximum absolute atomic E-state index is 13.1. The smallest absolute Gasteiger partial charge is 0.406 e. The molecule has 0 bridgehead atoms. The maximum Gasteiger partial charge on any atom is 0.406 e. The molecule has 2 heterocycles. The fourth-order valence-corrected chi connectivity index (χ4v) is 2.47. The number of oxazole rings is 1. The van der Waals surface area contributed by atoms with Crippen LogP contribution >= 0.6 is 0 Å². The van der Waals surface area contributed by atoms with E-state index in [2.05, 4.69) is 4.98 Å². The number of nitrogens with zero attached hydrogens (tertiary/aromatic N) is 2. The third-order valence-electron chi connectivity index (χ3n) is 3.98. The van der Waals surface area contributed by atoms with Gasteiger partial charge in [0, 0.05) is 18.5 Å². The van der Waals surface area contributed by atoms with Crippen LogP contribution in [0.4, 0.5) is 13.2 Å². The minimum absolute atomic E-state index is 0.0407. The van der Waals surface area contributed by atoms with Crippen LogP contribution in [0.15, 0.2) is 10.7 Å². The molecule has 0 amide bonds. The van der Waals surface area contributed by atoms with E-state index in [1.165, 1.54) is 11.2 Å². The zero-order valence-electron chi connectivity index (χ0n) is 12.7. The number of carboxylic acid groups (broad SMARTS) is 1. The molecule has 1 aliphatic heterocycles. The number of aromatic nitrogens is 1. The molecule has 0 aromatic carbocycles. The van der Waals surface area contributed by atoms with E-state index in [1.54, 1.807) is 0 Å². The largest absolute Gasteiger partial charge is 0.481 e. The monoisotopic (exact) mass is 320 g/mol. The van der Waals surface area contributed by atoms with E-state index in [0.717, 1.165) is 0 Å². The molecule has 1 saturated heterocycles. The summed E-state index contributed by atoms with van der Waals surface area (Å²) in [5, 5.41) is 9.01. The molecule has 1 aliphatic rings. The Morgan fingerprint density at radius 2 is 2.09 bits per heavy atom. The van der Waals surface area contributed by atoms with E-state index in [9.17, 15) is 18.0 Å². The molecule has 124 valence electrons. The Bertz CT molecular complexity index is 562. The highest BCUT2D eigenvalue weighted by Gasteiger charge is 2.63. The molecule has 1 N–H and O–H groups in total. The van der Waals surface area contributed by atoms with Gasteiger partial charge in [-0.1, -0.05) is 20.8 Å². The number of aliphatic carboxylic acids is 1. The van der Waals surface area contributed by atoms with Crippen molar-refractivity contribution in [3.8, 4) is 0 Å². The molecule has 1 atom stereocenters. The average Bonchev–Trinajstić information content (AvgIpc) is 2.94. The number of hydrogen-bond acceptors (Lipinski definition) is 4. The Morgan fingerprint density at radius 1 is 1.45 bits per heavy atom. The van der Waals surface area contributed by atoms with Crippen molar-refractivity contribution in [2.75, 3.05) is 13.1 Å². The minimum Gasteiger partial charge on any atom is -0.481 e. The van der Waals surface area contributed by atoms with Gasteiger partial charge >= 0.3 is 12.1 Å². The Kier molecular flexibility index (Phi) is 4.01. The second-order valence-electron chi connectivity index (χ2n) is 6.72. The number of carbonyl (C=O) groups is 1. The number of rotatable bonds is 3. The summed E-state index contributed by atoms with van der Waals surface area (Å²) in [7, 11) is 0. The van der Waals surface area contributed by atoms with Gasteiger partial charge in [-0.3, -0.25) is 9.69 Å². The van der Waals surface area contributed by atoms with E-state index < -0.39 is 30.5 Å². The second-order valence-corrected chi connectivity index (χ2v) is 6.72. The number of alkyl halides is 3. The summed E-state index contributed by atoms with van der Waals surface area (Å²) >= 11 is 0. The zero-order valence-corrected chi connectivity index (χ0v) is 12.7. The third-order valence-corrected chi connectivity index (χ3v) is 3.98. The first-order chi connectivity index (χ1) is 9.96. The van der Waals surface area contributed by atoms with Crippen molar-refractivity contribution in [2.24, 2.45) is 5.41 Å². The summed E-state index contributed by atoms with van der Waals surface area (Å²) < 4.78 is 44.6. The number of carboxylic acids is 1. The molecule has 2 rings (SSSR count). The van der Waals surface area contributed by atoms with Gasteiger partial charge < -0.3 is 9.52 Å². The quantitative estimate of drug-likeness (QED) is 0.927. The van der Waals surface area contributed by atoms with E-state index in [-0.39, 0.29) is 18.5 Å². The third kappa shape index (κ3) is 2.97. The van der Waals surface area contributed by atoms with Crippen molar-refractivity contribution < 1.29 is 27.5 Å². The lowest BCUT2D eigenvalue weighted by molar-refractivity contribution is -0.227. The SMILES string of the molecule is CC(C)(C)c1coc(CN2CCC(C(=O)O)(C(F)(F)F)C2)n1. The molecular weight excluding hydrogens is 301 g/mol. The van der Waals surface area contributed by atoms with Gasteiger partial charge in [0.05, 0.1) is 12.2 Å². The molecule has 0 spiro atoms. The predicted octanol–water partition coefficient (Wildman–Crippen LogP) is 2.81. The van der Waals surface area contributed by atoms with Crippen LogP contribution in [0.3, 0.4) is 0 Å². The molecule has 1 unspecified atom stereocenters. The summed E-state index contributed by atoms with van der Waals surface area (Å²) in [6.45, 7) is 5.37. The second kappa shape index (κ2) is 5.26. The van der Waals surface area contributed by atoms with Gasteiger partial charge in [0.15, 0.2) is 5.41 Å². The summed E-state index contributed by atoms with van der Waals surface area (Å²) in [5.41, 5.74) is -2.21. The first-order valence-corrected chi connectivity index (χ1v) is 6.93. The molecule has 0 radical (unpaired) electrons. The lowest BCUT2D eigenvalue weighted by Gasteiger charge is -2.27. The zero-order chi connectivity index (χ0) is 16.8. The van der Waals surface area contributed by atoms with Crippen LogP contribution in [0.2, 0.25) is 0 Å². The minimum atomic E-state index is -4.78. The lowest BCUT2D eigenvalue weighted by atomic mass is 9.86. The highest BCUT2D eigenvalue weighted by atomic mass is 19.4. The Labute approximate surface area is 126 Å². The average molecular weight is 320 g/mol. The highest BCUT2D eigenvalue weighted by Crippen LogP contribution is 2.46. The van der Waals surface area contributed by atoms with Crippen molar-refractivity contribution in [1.29, 1.82) is 0 Å². The summed E-state index contributed by atoms with van der Waals surface area (Å²) in [4.78, 5) is 16.8. The number of halogens is 3. The first-order valence-electron chi connectivity index (χ1n) is 6.93. The van der Waals surface area contributed by atoms with Crippen LogP contribution in [-0.2, 0) is 16.8 Å². The van der Waals surface area contributed by atoms with Gasteiger partial charge in [-0.15, -0.1) is 0 Å². The highest BCUT2D eigenvalue weighted by molar-refractivity contribution is 5.76. The van der Waals surface area contributed by atoms with Crippen LogP contribution in [-0.4, -0.2) is 40.2 Å². The van der Waals surface area contributed by atoms with Gasteiger partial charge in [-0.05, 0) is 6.42 Å². The van der Waals surface area contributed by atoms with Crippen LogP contribution in [0.1, 0.15) is 38.8 Å². The molecule has 1 aromatic rings. The van der Waals surface area contributed by atoms with E-state index >= 15 is 0 Å². The Morgan fingerprint density at radius 3 is 2.50 bits per heavy atom. The van der Waals surface area contributed by atoms with E-state index in [1.807, 2.05) is 20.8 Å². The number of likely N-dealkylation sites (tertiary alicyclic amines) is 1. The molecular formula is C14H19F3N2O3. The fourth-order valence-electron chi connectivity index (χ4n) is 2.47. The van der Waals surface area contributed by atoms with Gasteiger partial charge in [0.1, 0.15) is 6.26 Å². The van der Waals surface area contributed by atoms with Crippen molar-refractivity contribution in [1.82, 2.24) is 9.88 Å². The molecule has 1 aromatic heterocycles. The van der Waals surface area contributed by atoms with Gasteiger partial charge in [-0.2, -0.15) is 13.2 Å². The van der Waals surface area contributed by atoms with Crippen molar-refractivity contribution >= 4 is 5.97 Å². The van der Waals surface area contributed by atoms with Crippen LogP contribution in [0.5, 0.6) is 0 Å². The van der Waals surface area contributed by atoms with Crippen LogP contribution in [0, 0.1) is 5.41 Å². The Hall–Kier alpha value is -1.57. The van der Waals surface area contributed by atoms with Crippen molar-refractivity contribution in [2.45, 2.75) is 45.3 Å². The van der Waals surface area contributed by atoms with E-state index in [4.69, 9.17) is 9.52 Å². The van der Waals surface area contributed by atoms with Crippen molar-refractivity contribution in [3.05, 3.63) is 17.8 Å². The molecule has 0 saturated carbocycles. The van der Waals surface area contributed by atoms with Crippen LogP contribution < -0.4 is 0 Å². The lowest BCUT2D eigenvalue weighted by Crippen LogP contribution is -2.47. The molecule has 5 nitrogen and oxygen atoms in total. The molecule has 1 fully saturated rings. The number of hydrogen-bond donors (Lipinski definition) is 1. The normalized spacial score (nSPS) is 23.9. The fraction of sp³-hybridized carbons (Fsp3) is 0.714. The van der Waals surface area contributed by atoms with Crippen molar-refractivity contribution in [3.63, 3.8) is 0 Å². The standard InChI is InChI=1S/C14H19F3N2O3/c1-12(2,3)9-7-22-10(18-9)6-19-5-4-13(8-19,11(20)21)14(15,16)17/h7H,4-6,8H2,1-3H3,(H,20,21). The molecule has 0 aliphatic carbocycles. The van der Waals surface area contributed by atoms with E-state index in [0.29, 0.717) is 11.6 Å². The van der Waals surface area contributed by atoms with Crippen LogP contribution in [0.25, 0.3) is 0 Å². The summed E-state index contributed by atoms with van der Waals surface area (Å²) in [6.07, 6.45) is -3.75. The topological polar surface area (TPSA) is 66.6 Å². The first kappa shape index (κ1) is 16.8. The maximum atomic E-state index is 13.1. The summed E-state index contributed by atoms with van der Waals surface area (Å²) in [5.74, 6) is -1.53. The van der Waals surface area contributed by atoms with Gasteiger partial charge in [0.2, 0.25) is 5.89 Å². The van der Waals surface area contributed by atoms with Gasteiger partial charge in [0.25, 0.3) is 0 Å². The predicted molar refractivity (Wildman–Crippen MR) is 71.2 cm³/mol. The Balaban J connectivity index is 2.11. The summed E-state index contributed by atoms with van der Waals surface area (Å²) in [6, 6.07) is 0.